The van der Waals surface area contributed by atoms with Crippen LogP contribution in [0.1, 0.15) is 50.3 Å². The molecule has 0 aliphatic carbocycles. The molecule has 0 spiro atoms. The van der Waals surface area contributed by atoms with Gasteiger partial charge < -0.3 is 5.32 Å². The third-order valence-electron chi connectivity index (χ3n) is 3.00. The largest absolute Gasteiger partial charge is 0.310 e. The van der Waals surface area contributed by atoms with E-state index < -0.39 is 0 Å². The zero-order valence-corrected chi connectivity index (χ0v) is 11.1. The van der Waals surface area contributed by atoms with Crippen LogP contribution in [0.2, 0.25) is 0 Å². The lowest BCUT2D eigenvalue weighted by Gasteiger charge is -2.20. The third-order valence-corrected chi connectivity index (χ3v) is 3.00. The van der Waals surface area contributed by atoms with E-state index in [4.69, 9.17) is 0 Å². The minimum Gasteiger partial charge on any atom is -0.310 e. The summed E-state index contributed by atoms with van der Waals surface area (Å²) in [4.78, 5) is 4.21. The Kier molecular flexibility index (Phi) is 6.56. The highest BCUT2D eigenvalue weighted by molar-refractivity contribution is 5.26. The van der Waals surface area contributed by atoms with Crippen LogP contribution in [0.5, 0.6) is 0 Å². The molecular weight excluding hydrogens is 208 g/mol. The lowest BCUT2D eigenvalue weighted by atomic mass is 9.97. The van der Waals surface area contributed by atoms with Crippen molar-refractivity contribution in [1.29, 1.82) is 0 Å². The third kappa shape index (κ3) is 4.31. The van der Waals surface area contributed by atoms with Crippen LogP contribution in [0.15, 0.2) is 31.1 Å². The molecule has 0 aliphatic rings. The Morgan fingerprint density at radius 1 is 1.47 bits per heavy atom. The predicted octanol–water partition coefficient (Wildman–Crippen LogP) is 3.65. The van der Waals surface area contributed by atoms with Crippen LogP contribution in [0.3, 0.4) is 0 Å². The zero-order valence-electron chi connectivity index (χ0n) is 11.1. The minimum absolute atomic E-state index is 0.436. The van der Waals surface area contributed by atoms with Crippen LogP contribution < -0.4 is 5.32 Å². The topological polar surface area (TPSA) is 24.9 Å². The fourth-order valence-corrected chi connectivity index (χ4v) is 2.04. The Balaban J connectivity index is 2.81. The SMILES string of the molecule is C=CCCC(NCCC)c1ccncc1CC. The lowest BCUT2D eigenvalue weighted by Crippen LogP contribution is -2.23. The smallest absolute Gasteiger partial charge is 0.0327 e. The summed E-state index contributed by atoms with van der Waals surface area (Å²) >= 11 is 0. The first-order valence-corrected chi connectivity index (χ1v) is 6.60. The fraction of sp³-hybridized carbons (Fsp3) is 0.533. The maximum Gasteiger partial charge on any atom is 0.0327 e. The first-order valence-electron chi connectivity index (χ1n) is 6.60. The van der Waals surface area contributed by atoms with Crippen molar-refractivity contribution in [2.24, 2.45) is 0 Å². The van der Waals surface area contributed by atoms with E-state index in [0.717, 1.165) is 32.2 Å². The second-order valence-electron chi connectivity index (χ2n) is 4.30. The second kappa shape index (κ2) is 8.02. The van der Waals surface area contributed by atoms with Crippen molar-refractivity contribution in [3.05, 3.63) is 42.2 Å². The summed E-state index contributed by atoms with van der Waals surface area (Å²) < 4.78 is 0. The zero-order chi connectivity index (χ0) is 12.5. The fourth-order valence-electron chi connectivity index (χ4n) is 2.04. The standard InChI is InChI=1S/C15H24N2/c1-4-7-8-15(17-10-5-2)14-9-11-16-12-13(14)6-3/h4,9,11-12,15,17H,1,5-8,10H2,2-3H3. The molecule has 0 fully saturated rings. The number of pyridine rings is 1. The highest BCUT2D eigenvalue weighted by Crippen LogP contribution is 2.22. The van der Waals surface area contributed by atoms with Crippen molar-refractivity contribution in [2.45, 2.75) is 45.6 Å². The number of hydrogen-bond donors (Lipinski definition) is 1. The van der Waals surface area contributed by atoms with E-state index in [1.54, 1.807) is 0 Å². The van der Waals surface area contributed by atoms with Crippen LogP contribution in [-0.4, -0.2) is 11.5 Å². The summed E-state index contributed by atoms with van der Waals surface area (Å²) in [6.07, 6.45) is 10.2. The summed E-state index contributed by atoms with van der Waals surface area (Å²) in [6.45, 7) is 9.26. The maximum absolute atomic E-state index is 4.21. The monoisotopic (exact) mass is 232 g/mol. The molecule has 0 saturated heterocycles. The van der Waals surface area contributed by atoms with Crippen molar-refractivity contribution >= 4 is 0 Å². The molecule has 1 atom stereocenters. The number of allylic oxidation sites excluding steroid dienone is 1. The summed E-state index contributed by atoms with van der Waals surface area (Å²) in [5, 5.41) is 3.62. The van der Waals surface area contributed by atoms with Gasteiger partial charge in [-0.3, -0.25) is 4.98 Å². The lowest BCUT2D eigenvalue weighted by molar-refractivity contribution is 0.499. The first-order chi connectivity index (χ1) is 8.33. The Labute approximate surface area is 105 Å². The summed E-state index contributed by atoms with van der Waals surface area (Å²) in [7, 11) is 0. The van der Waals surface area contributed by atoms with Gasteiger partial charge in [0.15, 0.2) is 0 Å². The molecule has 0 saturated carbocycles. The minimum atomic E-state index is 0.436. The van der Waals surface area contributed by atoms with Gasteiger partial charge in [0.2, 0.25) is 0 Å². The maximum atomic E-state index is 4.21. The van der Waals surface area contributed by atoms with Crippen molar-refractivity contribution < 1.29 is 0 Å². The molecule has 0 amide bonds. The summed E-state index contributed by atoms with van der Waals surface area (Å²) in [5.74, 6) is 0. The highest BCUT2D eigenvalue weighted by Gasteiger charge is 2.12. The number of rotatable bonds is 8. The van der Waals surface area contributed by atoms with Crippen LogP contribution in [-0.2, 0) is 6.42 Å². The number of aryl methyl sites for hydroxylation is 1. The van der Waals surface area contributed by atoms with Crippen LogP contribution in [0.4, 0.5) is 0 Å². The van der Waals surface area contributed by atoms with Gasteiger partial charge in [-0.05, 0) is 49.4 Å². The van der Waals surface area contributed by atoms with Gasteiger partial charge in [0.1, 0.15) is 0 Å². The molecule has 2 nitrogen and oxygen atoms in total. The van der Waals surface area contributed by atoms with E-state index in [-0.39, 0.29) is 0 Å². The first kappa shape index (κ1) is 13.9. The molecule has 1 heterocycles. The molecule has 1 rings (SSSR count). The molecule has 0 radical (unpaired) electrons. The Bertz CT molecular complexity index is 333. The van der Waals surface area contributed by atoms with Gasteiger partial charge in [0, 0.05) is 18.4 Å². The normalized spacial score (nSPS) is 12.4. The number of aromatic nitrogens is 1. The van der Waals surface area contributed by atoms with E-state index >= 15 is 0 Å². The van der Waals surface area contributed by atoms with E-state index in [9.17, 15) is 0 Å². The Hall–Kier alpha value is -1.15. The second-order valence-corrected chi connectivity index (χ2v) is 4.30. The molecule has 1 unspecified atom stereocenters. The number of nitrogens with one attached hydrogen (secondary N) is 1. The van der Waals surface area contributed by atoms with Gasteiger partial charge in [-0.1, -0.05) is 19.9 Å². The summed E-state index contributed by atoms with van der Waals surface area (Å²) in [6, 6.07) is 2.58. The van der Waals surface area contributed by atoms with Crippen molar-refractivity contribution in [3.8, 4) is 0 Å². The number of nitrogens with zero attached hydrogens (tertiary/aromatic N) is 1. The quantitative estimate of drug-likeness (QED) is 0.692. The van der Waals surface area contributed by atoms with Crippen LogP contribution in [0, 0.1) is 0 Å². The van der Waals surface area contributed by atoms with Gasteiger partial charge in [-0.25, -0.2) is 0 Å². The van der Waals surface area contributed by atoms with Gasteiger partial charge in [0.25, 0.3) is 0 Å². The van der Waals surface area contributed by atoms with Crippen LogP contribution >= 0.6 is 0 Å². The predicted molar refractivity (Wildman–Crippen MR) is 74.1 cm³/mol. The van der Waals surface area contributed by atoms with E-state index in [1.807, 2.05) is 18.5 Å². The molecule has 1 N–H and O–H groups in total. The highest BCUT2D eigenvalue weighted by atomic mass is 14.9. The average molecular weight is 232 g/mol. The molecule has 1 aromatic rings. The molecule has 94 valence electrons. The number of hydrogen-bond acceptors (Lipinski definition) is 2. The van der Waals surface area contributed by atoms with Crippen molar-refractivity contribution in [3.63, 3.8) is 0 Å². The molecule has 1 aromatic heterocycles. The molecular formula is C15H24N2. The average Bonchev–Trinajstić information content (AvgIpc) is 2.39. The molecule has 0 aliphatic heterocycles. The molecule has 0 bridgehead atoms. The van der Waals surface area contributed by atoms with E-state index in [2.05, 4.69) is 36.8 Å². The van der Waals surface area contributed by atoms with Gasteiger partial charge in [-0.2, -0.15) is 0 Å². The van der Waals surface area contributed by atoms with E-state index in [0.29, 0.717) is 6.04 Å². The van der Waals surface area contributed by atoms with Gasteiger partial charge in [-0.15, -0.1) is 6.58 Å². The van der Waals surface area contributed by atoms with Crippen LogP contribution in [0.25, 0.3) is 0 Å². The van der Waals surface area contributed by atoms with Crippen molar-refractivity contribution in [2.75, 3.05) is 6.54 Å². The Morgan fingerprint density at radius 3 is 2.94 bits per heavy atom. The molecule has 17 heavy (non-hydrogen) atoms. The van der Waals surface area contributed by atoms with Gasteiger partial charge >= 0.3 is 0 Å². The van der Waals surface area contributed by atoms with Gasteiger partial charge in [0.05, 0.1) is 0 Å². The molecule has 2 heteroatoms. The molecule has 0 aromatic carbocycles. The van der Waals surface area contributed by atoms with E-state index in [1.165, 1.54) is 11.1 Å². The van der Waals surface area contributed by atoms with Crippen molar-refractivity contribution in [1.82, 2.24) is 10.3 Å². The Morgan fingerprint density at radius 2 is 2.29 bits per heavy atom. The summed E-state index contributed by atoms with van der Waals surface area (Å²) in [5.41, 5.74) is 2.75.